The molecule has 3 nitrogen and oxygen atoms in total. The first-order valence-electron chi connectivity index (χ1n) is 6.77. The molecule has 0 heterocycles. The molecule has 0 saturated heterocycles. The van der Waals surface area contributed by atoms with E-state index in [9.17, 15) is 5.11 Å². The summed E-state index contributed by atoms with van der Waals surface area (Å²) in [7, 11) is 0. The fraction of sp³-hybridized carbons (Fsp3) is 0.625. The zero-order valence-corrected chi connectivity index (χ0v) is 13.0. The number of rotatable bonds is 5. The Morgan fingerprint density at radius 3 is 2.26 bits per heavy atom. The molecule has 2 N–H and O–H groups in total. The van der Waals surface area contributed by atoms with Crippen molar-refractivity contribution in [3.8, 4) is 5.75 Å². The van der Waals surface area contributed by atoms with E-state index in [1.165, 1.54) is 0 Å². The summed E-state index contributed by atoms with van der Waals surface area (Å²) in [4.78, 5) is 0. The fourth-order valence-corrected chi connectivity index (χ4v) is 1.64. The number of aryl methyl sites for hydroxylation is 1. The van der Waals surface area contributed by atoms with Gasteiger partial charge in [0, 0.05) is 24.3 Å². The van der Waals surface area contributed by atoms with Gasteiger partial charge in [0.2, 0.25) is 0 Å². The van der Waals surface area contributed by atoms with Crippen molar-refractivity contribution in [3.05, 3.63) is 23.8 Å². The van der Waals surface area contributed by atoms with Gasteiger partial charge in [-0.3, -0.25) is 0 Å². The summed E-state index contributed by atoms with van der Waals surface area (Å²) in [6.07, 6.45) is 0. The van der Waals surface area contributed by atoms with E-state index < -0.39 is 0 Å². The molecular weight excluding hydrogens is 238 g/mol. The average Bonchev–Trinajstić information content (AvgIpc) is 2.26. The van der Waals surface area contributed by atoms with E-state index >= 15 is 0 Å². The Hall–Kier alpha value is -1.22. The second-order valence-electron chi connectivity index (χ2n) is 6.87. The SMILES string of the molecule is Cc1cc(OC(C)(C)C)ccc1NCC(C)(C)CO. The van der Waals surface area contributed by atoms with Crippen LogP contribution >= 0.6 is 0 Å². The van der Waals surface area contributed by atoms with Gasteiger partial charge in [-0.1, -0.05) is 13.8 Å². The molecule has 0 aliphatic heterocycles. The van der Waals surface area contributed by atoms with Crippen LogP contribution in [0.3, 0.4) is 0 Å². The van der Waals surface area contributed by atoms with Crippen molar-refractivity contribution in [2.45, 2.75) is 47.1 Å². The third-order valence-corrected chi connectivity index (χ3v) is 2.81. The lowest BCUT2D eigenvalue weighted by Gasteiger charge is -2.24. The highest BCUT2D eigenvalue weighted by molar-refractivity contribution is 5.53. The van der Waals surface area contributed by atoms with Crippen molar-refractivity contribution in [1.82, 2.24) is 0 Å². The molecule has 0 aromatic heterocycles. The molecule has 0 fully saturated rings. The highest BCUT2D eigenvalue weighted by Crippen LogP contribution is 2.25. The van der Waals surface area contributed by atoms with Crippen molar-refractivity contribution < 1.29 is 9.84 Å². The van der Waals surface area contributed by atoms with E-state index in [0.29, 0.717) is 0 Å². The Morgan fingerprint density at radius 2 is 1.79 bits per heavy atom. The molecular formula is C16H27NO2. The van der Waals surface area contributed by atoms with E-state index in [4.69, 9.17) is 4.74 Å². The van der Waals surface area contributed by atoms with Crippen LogP contribution in [0.15, 0.2) is 18.2 Å². The van der Waals surface area contributed by atoms with Gasteiger partial charge in [-0.05, 0) is 51.5 Å². The smallest absolute Gasteiger partial charge is 0.120 e. The number of hydrogen-bond donors (Lipinski definition) is 2. The van der Waals surface area contributed by atoms with Gasteiger partial charge >= 0.3 is 0 Å². The van der Waals surface area contributed by atoms with Crippen LogP contribution in [0, 0.1) is 12.3 Å². The van der Waals surface area contributed by atoms with E-state index in [1.807, 2.05) is 52.8 Å². The minimum atomic E-state index is -0.180. The van der Waals surface area contributed by atoms with Crippen LogP contribution in [-0.2, 0) is 0 Å². The third kappa shape index (κ3) is 5.52. The standard InChI is InChI=1S/C16H27NO2/c1-12-9-13(19-15(2,3)4)7-8-14(12)17-10-16(5,6)11-18/h7-9,17-18H,10-11H2,1-6H3. The van der Waals surface area contributed by atoms with Gasteiger partial charge in [0.05, 0.1) is 0 Å². The Morgan fingerprint density at radius 1 is 1.16 bits per heavy atom. The Labute approximate surface area is 117 Å². The lowest BCUT2D eigenvalue weighted by atomic mass is 9.95. The first-order valence-corrected chi connectivity index (χ1v) is 6.77. The minimum absolute atomic E-state index is 0.118. The number of anilines is 1. The number of nitrogens with one attached hydrogen (secondary N) is 1. The summed E-state index contributed by atoms with van der Waals surface area (Å²) in [5.74, 6) is 0.886. The zero-order valence-electron chi connectivity index (χ0n) is 13.0. The number of ether oxygens (including phenoxy) is 1. The maximum Gasteiger partial charge on any atom is 0.120 e. The van der Waals surface area contributed by atoms with Gasteiger partial charge in [-0.2, -0.15) is 0 Å². The molecule has 108 valence electrons. The number of aliphatic hydroxyl groups is 1. The van der Waals surface area contributed by atoms with Crippen LogP contribution in [0.4, 0.5) is 5.69 Å². The summed E-state index contributed by atoms with van der Waals surface area (Å²) >= 11 is 0. The van der Waals surface area contributed by atoms with Gasteiger partial charge in [-0.15, -0.1) is 0 Å². The molecule has 1 rings (SSSR count). The highest BCUT2D eigenvalue weighted by Gasteiger charge is 2.17. The van der Waals surface area contributed by atoms with E-state index in [2.05, 4.69) is 12.2 Å². The second-order valence-corrected chi connectivity index (χ2v) is 6.87. The van der Waals surface area contributed by atoms with Gasteiger partial charge in [-0.25, -0.2) is 0 Å². The first-order chi connectivity index (χ1) is 8.63. The molecule has 0 atom stereocenters. The van der Waals surface area contributed by atoms with Crippen LogP contribution in [0.1, 0.15) is 40.2 Å². The van der Waals surface area contributed by atoms with Gasteiger partial charge in [0.1, 0.15) is 11.4 Å². The quantitative estimate of drug-likeness (QED) is 0.854. The van der Waals surface area contributed by atoms with Gasteiger partial charge < -0.3 is 15.2 Å². The molecule has 3 heteroatoms. The number of benzene rings is 1. The molecule has 0 unspecified atom stereocenters. The number of hydrogen-bond acceptors (Lipinski definition) is 3. The Bertz CT molecular complexity index is 419. The van der Waals surface area contributed by atoms with Crippen LogP contribution in [0.5, 0.6) is 5.75 Å². The molecule has 0 radical (unpaired) electrons. The lowest BCUT2D eigenvalue weighted by molar-refractivity contribution is 0.131. The molecule has 19 heavy (non-hydrogen) atoms. The highest BCUT2D eigenvalue weighted by atomic mass is 16.5. The van der Waals surface area contributed by atoms with E-state index in [0.717, 1.165) is 23.5 Å². The van der Waals surface area contributed by atoms with Gasteiger partial charge in [0.15, 0.2) is 0 Å². The Balaban J connectivity index is 2.73. The number of aliphatic hydroxyl groups excluding tert-OH is 1. The van der Waals surface area contributed by atoms with Crippen molar-refractivity contribution in [1.29, 1.82) is 0 Å². The van der Waals surface area contributed by atoms with Crippen molar-refractivity contribution >= 4 is 5.69 Å². The average molecular weight is 265 g/mol. The predicted molar refractivity (Wildman–Crippen MR) is 80.9 cm³/mol. The molecule has 0 spiro atoms. The topological polar surface area (TPSA) is 41.5 Å². The summed E-state index contributed by atoms with van der Waals surface area (Å²) in [5.41, 5.74) is 1.94. The van der Waals surface area contributed by atoms with Gasteiger partial charge in [0.25, 0.3) is 0 Å². The van der Waals surface area contributed by atoms with Crippen LogP contribution < -0.4 is 10.1 Å². The molecule has 0 aliphatic carbocycles. The van der Waals surface area contributed by atoms with Crippen LogP contribution in [0.25, 0.3) is 0 Å². The normalized spacial score (nSPS) is 12.4. The second kappa shape index (κ2) is 5.83. The largest absolute Gasteiger partial charge is 0.488 e. The van der Waals surface area contributed by atoms with Crippen LogP contribution in [-0.4, -0.2) is 23.9 Å². The van der Waals surface area contributed by atoms with Crippen LogP contribution in [0.2, 0.25) is 0 Å². The molecule has 0 bridgehead atoms. The summed E-state index contributed by atoms with van der Waals surface area (Å²) in [6.45, 7) is 13.2. The first kappa shape index (κ1) is 15.8. The molecule has 0 saturated carbocycles. The minimum Gasteiger partial charge on any atom is -0.488 e. The summed E-state index contributed by atoms with van der Waals surface area (Å²) in [5, 5.41) is 12.6. The van der Waals surface area contributed by atoms with E-state index in [1.54, 1.807) is 0 Å². The van der Waals surface area contributed by atoms with Crippen molar-refractivity contribution in [2.24, 2.45) is 5.41 Å². The van der Waals surface area contributed by atoms with E-state index in [-0.39, 0.29) is 17.6 Å². The molecule has 1 aromatic rings. The maximum atomic E-state index is 9.25. The predicted octanol–water partition coefficient (Wildman–Crippen LogP) is 3.60. The lowest BCUT2D eigenvalue weighted by Crippen LogP contribution is -2.27. The van der Waals surface area contributed by atoms with Crippen molar-refractivity contribution in [2.75, 3.05) is 18.5 Å². The summed E-state index contributed by atoms with van der Waals surface area (Å²) < 4.78 is 5.84. The third-order valence-electron chi connectivity index (χ3n) is 2.81. The zero-order chi connectivity index (χ0) is 14.7. The maximum absolute atomic E-state index is 9.25. The van der Waals surface area contributed by atoms with Crippen molar-refractivity contribution in [3.63, 3.8) is 0 Å². The Kier molecular flexibility index (Phi) is 4.86. The fourth-order valence-electron chi connectivity index (χ4n) is 1.64. The summed E-state index contributed by atoms with van der Waals surface area (Å²) in [6, 6.07) is 6.05. The molecule has 1 aromatic carbocycles. The molecule has 0 amide bonds. The molecule has 0 aliphatic rings. The monoisotopic (exact) mass is 265 g/mol.